The number of nitrogens with zero attached hydrogens (tertiary/aromatic N) is 4. The number of benzene rings is 1. The van der Waals surface area contributed by atoms with Gasteiger partial charge >= 0.3 is 0 Å². The van der Waals surface area contributed by atoms with Crippen LogP contribution in [0, 0.1) is 5.92 Å². The van der Waals surface area contributed by atoms with Gasteiger partial charge in [0.05, 0.1) is 11.1 Å². The zero-order chi connectivity index (χ0) is 25.4. The van der Waals surface area contributed by atoms with Gasteiger partial charge in [-0.2, -0.15) is 4.98 Å². The lowest BCUT2D eigenvalue weighted by molar-refractivity contribution is -0.144. The van der Waals surface area contributed by atoms with E-state index in [1.165, 1.54) is 0 Å². The van der Waals surface area contributed by atoms with Crippen molar-refractivity contribution in [3.05, 3.63) is 48.3 Å². The van der Waals surface area contributed by atoms with Crippen LogP contribution in [0.25, 0.3) is 16.7 Å². The summed E-state index contributed by atoms with van der Waals surface area (Å²) in [6, 6.07) is 9.81. The fourth-order valence-corrected chi connectivity index (χ4v) is 5.87. The summed E-state index contributed by atoms with van der Waals surface area (Å²) in [5.74, 6) is 1.05. The number of amides is 2. The van der Waals surface area contributed by atoms with Crippen LogP contribution >= 0.6 is 0 Å². The molecule has 1 saturated carbocycles. The minimum Gasteiger partial charge on any atom is -0.366 e. The van der Waals surface area contributed by atoms with Crippen molar-refractivity contribution < 1.29 is 9.59 Å². The molecular formula is C27H35N7O2. The van der Waals surface area contributed by atoms with Gasteiger partial charge in [-0.3, -0.25) is 9.59 Å². The highest BCUT2D eigenvalue weighted by Crippen LogP contribution is 2.33. The van der Waals surface area contributed by atoms with Crippen LogP contribution < -0.4 is 16.8 Å². The minimum absolute atomic E-state index is 0.0577. The van der Waals surface area contributed by atoms with Crippen molar-refractivity contribution in [3.63, 3.8) is 0 Å². The number of piperidine rings is 1. The molecule has 1 atom stereocenters. The first kappa shape index (κ1) is 24.2. The number of para-hydroxylation sites is 1. The second kappa shape index (κ2) is 9.54. The number of carbonyl (C=O) groups excluding carboxylic acids is 2. The van der Waals surface area contributed by atoms with Crippen LogP contribution in [0.5, 0.6) is 0 Å². The Kier molecular flexibility index (Phi) is 6.42. The Balaban J connectivity index is 1.26. The molecule has 2 amide bonds. The molecule has 2 fully saturated rings. The van der Waals surface area contributed by atoms with E-state index in [-0.39, 0.29) is 29.4 Å². The highest BCUT2D eigenvalue weighted by Gasteiger charge is 2.39. The standard InChI is InChI=1S/C27H35N7O2/c1-27(2)15-18(28)12-14-34(27)25(36)17-7-9-19(10-8-17)31-26-30-13-11-23(32-26)33-16-21(24(29)35)20-5-3-4-6-22(20)33/h3-6,11,13,16-19H,7-10,12,14-15,28H2,1-2H3,(H2,29,35)(H,30,31,32). The molecule has 36 heavy (non-hydrogen) atoms. The molecule has 9 nitrogen and oxygen atoms in total. The summed E-state index contributed by atoms with van der Waals surface area (Å²) >= 11 is 0. The van der Waals surface area contributed by atoms with Gasteiger partial charge in [-0.1, -0.05) is 18.2 Å². The Hall–Kier alpha value is -3.46. The SMILES string of the molecule is CC1(C)CC(N)CCN1C(=O)C1CCC(Nc2nccc(-n3cc(C(N)=O)c4ccccc43)n2)CC1. The van der Waals surface area contributed by atoms with Crippen molar-refractivity contribution in [1.82, 2.24) is 19.4 Å². The van der Waals surface area contributed by atoms with Crippen LogP contribution in [0.3, 0.4) is 0 Å². The zero-order valence-corrected chi connectivity index (χ0v) is 21.0. The lowest BCUT2D eigenvalue weighted by atomic mass is 9.81. The number of nitrogens with two attached hydrogens (primary N) is 2. The number of likely N-dealkylation sites (tertiary alicyclic amines) is 1. The molecule has 5 N–H and O–H groups in total. The van der Waals surface area contributed by atoms with E-state index in [1.807, 2.05) is 34.9 Å². The maximum Gasteiger partial charge on any atom is 0.250 e. The molecule has 1 unspecified atom stereocenters. The molecular weight excluding hydrogens is 454 g/mol. The van der Waals surface area contributed by atoms with Gasteiger partial charge in [0.25, 0.3) is 5.91 Å². The quantitative estimate of drug-likeness (QED) is 0.504. The average molecular weight is 490 g/mol. The van der Waals surface area contributed by atoms with Gasteiger partial charge in [0.2, 0.25) is 11.9 Å². The third kappa shape index (κ3) is 4.67. The van der Waals surface area contributed by atoms with Crippen LogP contribution in [0.15, 0.2) is 42.7 Å². The van der Waals surface area contributed by atoms with Crippen LogP contribution in [0.2, 0.25) is 0 Å². The molecule has 1 aliphatic heterocycles. The normalized spacial score (nSPS) is 24.0. The van der Waals surface area contributed by atoms with Gasteiger partial charge in [-0.05, 0) is 64.5 Å². The van der Waals surface area contributed by atoms with Crippen molar-refractivity contribution in [3.8, 4) is 5.82 Å². The van der Waals surface area contributed by atoms with Gasteiger partial charge < -0.3 is 26.3 Å². The van der Waals surface area contributed by atoms with Crippen LogP contribution in [0.1, 0.15) is 62.7 Å². The van der Waals surface area contributed by atoms with Crippen molar-refractivity contribution >= 4 is 28.7 Å². The smallest absolute Gasteiger partial charge is 0.250 e. The van der Waals surface area contributed by atoms with Crippen LogP contribution in [0.4, 0.5) is 5.95 Å². The highest BCUT2D eigenvalue weighted by molar-refractivity contribution is 6.06. The Morgan fingerprint density at radius 2 is 1.83 bits per heavy atom. The van der Waals surface area contributed by atoms with E-state index in [9.17, 15) is 9.59 Å². The Labute approximate surface area is 211 Å². The van der Waals surface area contributed by atoms with E-state index >= 15 is 0 Å². The molecule has 3 aromatic rings. The maximum absolute atomic E-state index is 13.3. The summed E-state index contributed by atoms with van der Waals surface area (Å²) in [6.45, 7) is 5.00. The topological polar surface area (TPSA) is 132 Å². The number of hydrogen-bond donors (Lipinski definition) is 3. The maximum atomic E-state index is 13.3. The number of hydrogen-bond acceptors (Lipinski definition) is 6. The predicted octanol–water partition coefficient (Wildman–Crippen LogP) is 3.22. The molecule has 1 aromatic carbocycles. The highest BCUT2D eigenvalue weighted by atomic mass is 16.2. The van der Waals surface area contributed by atoms with Crippen LogP contribution in [-0.4, -0.2) is 55.4 Å². The van der Waals surface area contributed by atoms with Crippen molar-refractivity contribution in [2.45, 2.75) is 70.0 Å². The summed E-state index contributed by atoms with van der Waals surface area (Å²) in [4.78, 5) is 36.4. The first-order valence-electron chi connectivity index (χ1n) is 12.8. The lowest BCUT2D eigenvalue weighted by Crippen LogP contribution is -2.57. The number of aromatic nitrogens is 3. The Bertz CT molecular complexity index is 1280. The predicted molar refractivity (Wildman–Crippen MR) is 140 cm³/mol. The van der Waals surface area contributed by atoms with E-state index < -0.39 is 5.91 Å². The third-order valence-corrected chi connectivity index (χ3v) is 7.76. The molecule has 9 heteroatoms. The summed E-state index contributed by atoms with van der Waals surface area (Å²) < 4.78 is 1.87. The Morgan fingerprint density at radius 3 is 2.56 bits per heavy atom. The number of rotatable bonds is 5. The molecule has 1 saturated heterocycles. The second-order valence-corrected chi connectivity index (χ2v) is 10.8. The summed E-state index contributed by atoms with van der Waals surface area (Å²) in [5.41, 5.74) is 12.9. The van der Waals surface area contributed by atoms with Crippen molar-refractivity contribution in [2.75, 3.05) is 11.9 Å². The molecule has 5 rings (SSSR count). The molecule has 0 radical (unpaired) electrons. The van der Waals surface area contributed by atoms with Gasteiger partial charge in [-0.15, -0.1) is 0 Å². The second-order valence-electron chi connectivity index (χ2n) is 10.8. The first-order valence-corrected chi connectivity index (χ1v) is 12.8. The van der Waals surface area contributed by atoms with E-state index in [0.29, 0.717) is 17.3 Å². The number of primary amides is 1. The van der Waals surface area contributed by atoms with E-state index in [4.69, 9.17) is 16.5 Å². The van der Waals surface area contributed by atoms with Crippen molar-refractivity contribution in [1.29, 1.82) is 0 Å². The number of anilines is 1. The number of carbonyl (C=O) groups is 2. The molecule has 1 aliphatic carbocycles. The fourth-order valence-electron chi connectivity index (χ4n) is 5.87. The number of nitrogens with one attached hydrogen (secondary N) is 1. The Morgan fingerprint density at radius 1 is 1.08 bits per heavy atom. The molecule has 0 bridgehead atoms. The molecule has 0 spiro atoms. The first-order chi connectivity index (χ1) is 17.2. The average Bonchev–Trinajstić information content (AvgIpc) is 3.24. The molecule has 2 aliphatic rings. The van der Waals surface area contributed by atoms with E-state index in [1.54, 1.807) is 12.4 Å². The van der Waals surface area contributed by atoms with E-state index in [2.05, 4.69) is 29.0 Å². The molecule has 190 valence electrons. The van der Waals surface area contributed by atoms with Gasteiger partial charge in [0, 0.05) is 47.9 Å². The minimum atomic E-state index is -0.473. The molecule has 2 aromatic heterocycles. The largest absolute Gasteiger partial charge is 0.366 e. The zero-order valence-electron chi connectivity index (χ0n) is 21.0. The lowest BCUT2D eigenvalue weighted by Gasteiger charge is -2.46. The van der Waals surface area contributed by atoms with Crippen molar-refractivity contribution in [2.24, 2.45) is 17.4 Å². The van der Waals surface area contributed by atoms with Gasteiger partial charge in [0.1, 0.15) is 5.82 Å². The van der Waals surface area contributed by atoms with E-state index in [0.717, 1.165) is 56.0 Å². The fraction of sp³-hybridized carbons (Fsp3) is 0.481. The number of fused-ring (bicyclic) bond motifs is 1. The monoisotopic (exact) mass is 489 g/mol. The van der Waals surface area contributed by atoms with Gasteiger partial charge in [-0.25, -0.2) is 4.98 Å². The summed E-state index contributed by atoms with van der Waals surface area (Å²) in [5, 5.41) is 4.25. The third-order valence-electron chi connectivity index (χ3n) is 7.76. The molecule has 3 heterocycles. The van der Waals surface area contributed by atoms with Gasteiger partial charge in [0.15, 0.2) is 0 Å². The van der Waals surface area contributed by atoms with Crippen LogP contribution in [-0.2, 0) is 4.79 Å². The summed E-state index contributed by atoms with van der Waals surface area (Å²) in [6.07, 6.45) is 8.62. The summed E-state index contributed by atoms with van der Waals surface area (Å²) in [7, 11) is 0.